The number of hydrogen-bond donors (Lipinski definition) is 1. The number of amides is 1. The first kappa shape index (κ1) is 22.3. The van der Waals surface area contributed by atoms with E-state index in [9.17, 15) is 9.59 Å². The molecular weight excluding hydrogens is 432 g/mol. The van der Waals surface area contributed by atoms with Crippen LogP contribution in [0.1, 0.15) is 23.6 Å². The van der Waals surface area contributed by atoms with Crippen LogP contribution in [0, 0.1) is 25.2 Å². The van der Waals surface area contributed by atoms with Crippen molar-refractivity contribution in [2.45, 2.75) is 31.2 Å². The zero-order chi connectivity index (χ0) is 23.5. The van der Waals surface area contributed by atoms with Gasteiger partial charge in [-0.3, -0.25) is 14.2 Å². The lowest BCUT2D eigenvalue weighted by molar-refractivity contribution is -0.115. The van der Waals surface area contributed by atoms with Gasteiger partial charge in [0.15, 0.2) is 5.16 Å². The number of nitrogens with zero attached hydrogens (tertiary/aromatic N) is 3. The highest BCUT2D eigenvalue weighted by Crippen LogP contribution is 2.28. The lowest BCUT2D eigenvalue weighted by Crippen LogP contribution is -2.26. The van der Waals surface area contributed by atoms with E-state index in [-0.39, 0.29) is 11.5 Å². The molecule has 1 heterocycles. The fourth-order valence-corrected chi connectivity index (χ4v) is 4.42. The van der Waals surface area contributed by atoms with Gasteiger partial charge in [0, 0.05) is 5.69 Å². The van der Waals surface area contributed by atoms with E-state index >= 15 is 0 Å². The van der Waals surface area contributed by atoms with Crippen LogP contribution < -0.4 is 10.9 Å². The van der Waals surface area contributed by atoms with Crippen molar-refractivity contribution in [2.75, 3.05) is 5.32 Å². The van der Waals surface area contributed by atoms with Crippen LogP contribution in [0.4, 0.5) is 5.69 Å². The molecule has 164 valence electrons. The first-order valence-electron chi connectivity index (χ1n) is 10.4. The minimum atomic E-state index is -0.542. The summed E-state index contributed by atoms with van der Waals surface area (Å²) in [5, 5.41) is 12.4. The fourth-order valence-electron chi connectivity index (χ4n) is 3.50. The Morgan fingerprint density at radius 2 is 1.85 bits per heavy atom. The van der Waals surface area contributed by atoms with E-state index in [4.69, 9.17) is 10.2 Å². The Morgan fingerprint density at radius 1 is 1.09 bits per heavy atom. The molecule has 33 heavy (non-hydrogen) atoms. The molecule has 1 atom stereocenters. The number of carbonyl (C=O) groups is 1. The van der Waals surface area contributed by atoms with Gasteiger partial charge in [0.2, 0.25) is 5.91 Å². The van der Waals surface area contributed by atoms with Gasteiger partial charge in [-0.1, -0.05) is 42.1 Å². The minimum absolute atomic E-state index is 0.175. The molecule has 1 aromatic heterocycles. The van der Waals surface area contributed by atoms with E-state index in [0.717, 1.165) is 16.8 Å². The molecule has 0 aliphatic rings. The van der Waals surface area contributed by atoms with Crippen LogP contribution >= 0.6 is 11.8 Å². The van der Waals surface area contributed by atoms with Crippen molar-refractivity contribution in [1.82, 2.24) is 9.55 Å². The summed E-state index contributed by atoms with van der Waals surface area (Å²) in [6.45, 7) is 5.73. The molecule has 0 spiro atoms. The topological polar surface area (TPSA) is 87.8 Å². The second-order valence-electron chi connectivity index (χ2n) is 7.71. The molecule has 0 aliphatic heterocycles. The van der Waals surface area contributed by atoms with Crippen LogP contribution in [-0.2, 0) is 4.79 Å². The molecule has 1 N–H and O–H groups in total. The average Bonchev–Trinajstić information content (AvgIpc) is 2.81. The van der Waals surface area contributed by atoms with E-state index in [1.54, 1.807) is 47.9 Å². The lowest BCUT2D eigenvalue weighted by atomic mass is 10.1. The minimum Gasteiger partial charge on any atom is -0.325 e. The molecule has 0 radical (unpaired) electrons. The number of nitrogens with one attached hydrogen (secondary N) is 1. The molecule has 0 saturated heterocycles. The summed E-state index contributed by atoms with van der Waals surface area (Å²) in [5.41, 5.74) is 4.20. The monoisotopic (exact) mass is 454 g/mol. The van der Waals surface area contributed by atoms with Gasteiger partial charge < -0.3 is 5.32 Å². The van der Waals surface area contributed by atoms with Gasteiger partial charge in [0.25, 0.3) is 5.56 Å². The number of carbonyl (C=O) groups excluding carboxylic acids is 1. The van der Waals surface area contributed by atoms with E-state index in [1.807, 2.05) is 44.2 Å². The zero-order valence-electron chi connectivity index (χ0n) is 18.5. The fraction of sp³-hybridized carbons (Fsp3) is 0.154. The van der Waals surface area contributed by atoms with E-state index < -0.39 is 5.25 Å². The van der Waals surface area contributed by atoms with Gasteiger partial charge in [-0.15, -0.1) is 0 Å². The van der Waals surface area contributed by atoms with Gasteiger partial charge in [0.05, 0.1) is 33.5 Å². The average molecular weight is 455 g/mol. The highest BCUT2D eigenvalue weighted by Gasteiger charge is 2.21. The quantitative estimate of drug-likeness (QED) is 0.339. The molecule has 6 nitrogen and oxygen atoms in total. The van der Waals surface area contributed by atoms with Crippen LogP contribution in [0.5, 0.6) is 0 Å². The summed E-state index contributed by atoms with van der Waals surface area (Å²) < 4.78 is 1.59. The summed E-state index contributed by atoms with van der Waals surface area (Å²) >= 11 is 1.22. The molecule has 7 heteroatoms. The summed E-state index contributed by atoms with van der Waals surface area (Å²) in [6, 6.07) is 21.8. The third-order valence-corrected chi connectivity index (χ3v) is 6.52. The number of thioether (sulfide) groups is 1. The maximum atomic E-state index is 13.5. The normalized spacial score (nSPS) is 11.7. The number of nitriles is 1. The molecule has 1 unspecified atom stereocenters. The van der Waals surface area contributed by atoms with Gasteiger partial charge in [0.1, 0.15) is 0 Å². The SMILES string of the molecule is Cc1cccc(-n2c(SC(C)C(=O)Nc3cccc(C#N)c3)nc3ccccc3c2=O)c1C. The van der Waals surface area contributed by atoms with Crippen LogP contribution in [0.2, 0.25) is 0 Å². The molecule has 0 bridgehead atoms. The van der Waals surface area contributed by atoms with Crippen molar-refractivity contribution < 1.29 is 4.79 Å². The first-order valence-corrected chi connectivity index (χ1v) is 11.3. The van der Waals surface area contributed by atoms with Gasteiger partial charge in [-0.25, -0.2) is 4.98 Å². The number of hydrogen-bond acceptors (Lipinski definition) is 5. The molecule has 0 aliphatic carbocycles. The second kappa shape index (κ2) is 9.31. The highest BCUT2D eigenvalue weighted by molar-refractivity contribution is 8.00. The number of aromatic nitrogens is 2. The Kier molecular flexibility index (Phi) is 6.29. The first-order chi connectivity index (χ1) is 15.9. The van der Waals surface area contributed by atoms with Crippen molar-refractivity contribution in [3.05, 3.63) is 93.8 Å². The predicted octanol–water partition coefficient (Wildman–Crippen LogP) is 4.99. The van der Waals surface area contributed by atoms with E-state index in [1.165, 1.54) is 11.8 Å². The number of rotatable bonds is 5. The molecule has 1 amide bonds. The maximum Gasteiger partial charge on any atom is 0.266 e. The Bertz CT molecular complexity index is 1470. The molecule has 4 rings (SSSR count). The van der Waals surface area contributed by atoms with Crippen molar-refractivity contribution >= 4 is 34.3 Å². The number of benzene rings is 3. The van der Waals surface area contributed by atoms with Gasteiger partial charge in [-0.05, 0) is 68.3 Å². The molecule has 4 aromatic rings. The summed E-state index contributed by atoms with van der Waals surface area (Å²) in [6.07, 6.45) is 0. The zero-order valence-corrected chi connectivity index (χ0v) is 19.3. The predicted molar refractivity (Wildman–Crippen MR) is 132 cm³/mol. The van der Waals surface area contributed by atoms with Crippen LogP contribution in [0.15, 0.2) is 76.7 Å². The largest absolute Gasteiger partial charge is 0.325 e. The van der Waals surface area contributed by atoms with Crippen LogP contribution in [0.25, 0.3) is 16.6 Å². The smallest absolute Gasteiger partial charge is 0.266 e. The van der Waals surface area contributed by atoms with E-state index in [0.29, 0.717) is 27.3 Å². The van der Waals surface area contributed by atoms with Crippen LogP contribution in [0.3, 0.4) is 0 Å². The Balaban J connectivity index is 1.75. The number of anilines is 1. The molecule has 0 saturated carbocycles. The lowest BCUT2D eigenvalue weighted by Gasteiger charge is -2.18. The van der Waals surface area contributed by atoms with Gasteiger partial charge >= 0.3 is 0 Å². The Hall–Kier alpha value is -3.89. The van der Waals surface area contributed by atoms with Crippen molar-refractivity contribution in [3.63, 3.8) is 0 Å². The highest BCUT2D eigenvalue weighted by atomic mass is 32.2. The Labute approximate surface area is 195 Å². The summed E-state index contributed by atoms with van der Waals surface area (Å²) in [7, 11) is 0. The van der Waals surface area contributed by atoms with Crippen molar-refractivity contribution in [2.24, 2.45) is 0 Å². The Morgan fingerprint density at radius 3 is 2.64 bits per heavy atom. The summed E-state index contributed by atoms with van der Waals surface area (Å²) in [4.78, 5) is 31.2. The van der Waals surface area contributed by atoms with Crippen LogP contribution in [-0.4, -0.2) is 20.7 Å². The number of fused-ring (bicyclic) bond motifs is 1. The number of para-hydroxylation sites is 1. The third-order valence-electron chi connectivity index (χ3n) is 5.47. The maximum absolute atomic E-state index is 13.5. The van der Waals surface area contributed by atoms with Gasteiger partial charge in [-0.2, -0.15) is 5.26 Å². The molecule has 0 fully saturated rings. The standard InChI is InChI=1S/C26H22N4O2S/c1-16-8-6-13-23(17(16)2)30-25(32)21-11-4-5-12-22(21)29-26(30)33-18(3)24(31)28-20-10-7-9-19(14-20)15-27/h4-14,18H,1-3H3,(H,28,31). The van der Waals surface area contributed by atoms with Crippen molar-refractivity contribution in [3.8, 4) is 11.8 Å². The molecule has 3 aromatic carbocycles. The second-order valence-corrected chi connectivity index (χ2v) is 9.02. The third kappa shape index (κ3) is 4.52. The number of aryl methyl sites for hydroxylation is 1. The molecular formula is C26H22N4O2S. The van der Waals surface area contributed by atoms with Crippen molar-refractivity contribution in [1.29, 1.82) is 5.26 Å². The van der Waals surface area contributed by atoms with E-state index in [2.05, 4.69) is 11.4 Å². The summed E-state index contributed by atoms with van der Waals surface area (Å²) in [5.74, 6) is -0.245.